The number of nitrogens with one attached hydrogen (secondary N) is 1. The van der Waals surface area contributed by atoms with Crippen molar-refractivity contribution in [2.75, 3.05) is 6.61 Å². The molecule has 5 heteroatoms. The highest BCUT2D eigenvalue weighted by Crippen LogP contribution is 2.29. The first-order valence-electron chi connectivity index (χ1n) is 9.57. The summed E-state index contributed by atoms with van der Waals surface area (Å²) in [4.78, 5) is 23.4. The summed E-state index contributed by atoms with van der Waals surface area (Å²) in [6.45, 7) is 6.53. The van der Waals surface area contributed by atoms with Gasteiger partial charge in [-0.05, 0) is 52.4 Å². The normalized spacial score (nSPS) is 30.0. The van der Waals surface area contributed by atoms with E-state index in [0.717, 1.165) is 38.5 Å². The van der Waals surface area contributed by atoms with Gasteiger partial charge in [0.25, 0.3) is 0 Å². The molecule has 2 aliphatic rings. The Morgan fingerprint density at radius 1 is 1.12 bits per heavy atom. The van der Waals surface area contributed by atoms with Crippen molar-refractivity contribution < 1.29 is 20.5 Å². The largest absolute Gasteiger partial charge is 0.378 e. The van der Waals surface area contributed by atoms with Crippen molar-refractivity contribution in [1.82, 2.24) is 5.32 Å². The highest BCUT2D eigenvalue weighted by Gasteiger charge is 2.34. The number of hydrogen-bond acceptors (Lipinski definition) is 4. The smallest absolute Gasteiger partial charge is 0.222 e. The van der Waals surface area contributed by atoms with Gasteiger partial charge in [-0.25, -0.2) is 0 Å². The van der Waals surface area contributed by atoms with E-state index in [-0.39, 0.29) is 31.5 Å². The Kier molecular flexibility index (Phi) is 7.69. The summed E-state index contributed by atoms with van der Waals surface area (Å²) < 4.78 is 11.7. The Hall–Kier alpha value is -0.940. The van der Waals surface area contributed by atoms with E-state index in [1.54, 1.807) is 0 Å². The summed E-state index contributed by atoms with van der Waals surface area (Å²) in [6.07, 6.45) is 7.66. The number of Topliss-reactive ketones (excluding diaryl/α,β-unsaturated/α-hetero) is 1. The van der Waals surface area contributed by atoms with Crippen molar-refractivity contribution in [3.05, 3.63) is 0 Å². The van der Waals surface area contributed by atoms with Gasteiger partial charge in [-0.3, -0.25) is 9.59 Å². The van der Waals surface area contributed by atoms with Gasteiger partial charge < -0.3 is 14.8 Å². The first-order chi connectivity index (χ1) is 11.5. The van der Waals surface area contributed by atoms with Crippen LogP contribution >= 0.6 is 0 Å². The van der Waals surface area contributed by atoms with Gasteiger partial charge in [-0.1, -0.05) is 6.92 Å². The van der Waals surface area contributed by atoms with Gasteiger partial charge in [-0.2, -0.15) is 0 Å². The van der Waals surface area contributed by atoms with Crippen molar-refractivity contribution in [2.24, 2.45) is 5.92 Å². The summed E-state index contributed by atoms with van der Waals surface area (Å²) in [5.41, 5.74) is 0. The molecule has 0 aliphatic heterocycles. The van der Waals surface area contributed by atoms with Crippen LogP contribution in [0, 0.1) is 5.92 Å². The lowest BCUT2D eigenvalue weighted by atomic mass is 9.77. The predicted octanol–water partition coefficient (Wildman–Crippen LogP) is 3.25. The quantitative estimate of drug-likeness (QED) is 0.699. The Bertz CT molecular complexity index is 416. The fourth-order valence-electron chi connectivity index (χ4n) is 3.63. The summed E-state index contributed by atoms with van der Waals surface area (Å²) >= 11 is 0. The zero-order valence-corrected chi connectivity index (χ0v) is 15.4. The van der Waals surface area contributed by atoms with Crippen LogP contribution in [0.15, 0.2) is 0 Å². The number of carbonyl (C=O) groups is 2. The van der Waals surface area contributed by atoms with Crippen LogP contribution in [0.3, 0.4) is 0 Å². The number of hydrogen-bond donors (Lipinski definition) is 1. The van der Waals surface area contributed by atoms with Crippen LogP contribution in [0.5, 0.6) is 0 Å². The van der Waals surface area contributed by atoms with Crippen LogP contribution in [0.4, 0.5) is 0 Å². The molecule has 0 bridgehead atoms. The molecule has 24 heavy (non-hydrogen) atoms. The topological polar surface area (TPSA) is 64.6 Å². The van der Waals surface area contributed by atoms with Crippen LogP contribution in [-0.2, 0) is 19.1 Å². The lowest BCUT2D eigenvalue weighted by Gasteiger charge is -2.34. The van der Waals surface area contributed by atoms with Gasteiger partial charge in [0.15, 0.2) is 0 Å². The molecule has 2 fully saturated rings. The molecular weight excluding hydrogens is 306 g/mol. The molecule has 5 nitrogen and oxygen atoms in total. The summed E-state index contributed by atoms with van der Waals surface area (Å²) in [7, 11) is 0. The van der Waals surface area contributed by atoms with E-state index in [9.17, 15) is 9.59 Å². The molecule has 2 rings (SSSR count). The molecule has 1 amide bonds. The molecule has 0 heterocycles. The van der Waals surface area contributed by atoms with E-state index in [1.165, 1.54) is 0 Å². The SMILES string of the molecule is CCC(=O)C1CC(NC(=O)CCOC2CCC(OC(C)C)CC2)C1.[HH]. The average Bonchev–Trinajstić information content (AvgIpc) is 2.51. The third-order valence-corrected chi connectivity index (χ3v) is 5.08. The zero-order chi connectivity index (χ0) is 17.5. The molecule has 0 aromatic carbocycles. The number of carbonyl (C=O) groups excluding carboxylic acids is 2. The molecular formula is C19H35NO4. The van der Waals surface area contributed by atoms with Crippen molar-refractivity contribution in [3.63, 3.8) is 0 Å². The maximum absolute atomic E-state index is 11.9. The molecule has 140 valence electrons. The van der Waals surface area contributed by atoms with Gasteiger partial charge >= 0.3 is 0 Å². The molecule has 0 aromatic heterocycles. The molecule has 0 unspecified atom stereocenters. The van der Waals surface area contributed by atoms with Crippen LogP contribution in [0.2, 0.25) is 0 Å². The minimum absolute atomic E-state index is 0. The Morgan fingerprint density at radius 2 is 1.75 bits per heavy atom. The number of ether oxygens (including phenoxy) is 2. The molecule has 0 saturated heterocycles. The monoisotopic (exact) mass is 341 g/mol. The molecule has 1 N–H and O–H groups in total. The standard InChI is InChI=1S/C19H33NO4.H2/c1-4-18(21)14-11-15(12-14)20-19(22)9-10-23-16-5-7-17(8-6-16)24-13(2)3;/h13-17H,4-12H2,1-3H3,(H,20,22);1H. The Morgan fingerprint density at radius 3 is 2.33 bits per heavy atom. The van der Waals surface area contributed by atoms with Crippen LogP contribution in [0.1, 0.15) is 73.6 Å². The Balaban J connectivity index is 0.00000312. The molecule has 0 aromatic rings. The van der Waals surface area contributed by atoms with E-state index in [2.05, 4.69) is 19.2 Å². The average molecular weight is 341 g/mol. The second-order valence-corrected chi connectivity index (χ2v) is 7.46. The summed E-state index contributed by atoms with van der Waals surface area (Å²) in [5.74, 6) is 0.528. The summed E-state index contributed by atoms with van der Waals surface area (Å²) in [5, 5.41) is 3.00. The molecule has 0 spiro atoms. The fraction of sp³-hybridized carbons (Fsp3) is 0.895. The highest BCUT2D eigenvalue weighted by molar-refractivity contribution is 5.82. The first-order valence-corrected chi connectivity index (χ1v) is 9.57. The van der Waals surface area contributed by atoms with Crippen molar-refractivity contribution in [2.45, 2.75) is 96.5 Å². The van der Waals surface area contributed by atoms with E-state index >= 15 is 0 Å². The van der Waals surface area contributed by atoms with E-state index in [1.807, 2.05) is 6.92 Å². The molecule has 2 aliphatic carbocycles. The maximum Gasteiger partial charge on any atom is 0.222 e. The molecule has 2 saturated carbocycles. The van der Waals surface area contributed by atoms with Crippen molar-refractivity contribution in [3.8, 4) is 0 Å². The number of ketones is 1. The van der Waals surface area contributed by atoms with Crippen LogP contribution in [-0.4, -0.2) is 42.7 Å². The lowest BCUT2D eigenvalue weighted by Crippen LogP contribution is -2.46. The second-order valence-electron chi connectivity index (χ2n) is 7.46. The predicted molar refractivity (Wildman–Crippen MR) is 94.9 cm³/mol. The fourth-order valence-corrected chi connectivity index (χ4v) is 3.63. The van der Waals surface area contributed by atoms with Crippen molar-refractivity contribution >= 4 is 11.7 Å². The van der Waals surface area contributed by atoms with Crippen LogP contribution in [0.25, 0.3) is 0 Å². The molecule has 0 atom stereocenters. The minimum Gasteiger partial charge on any atom is -0.378 e. The zero-order valence-electron chi connectivity index (χ0n) is 15.4. The van der Waals surface area contributed by atoms with Gasteiger partial charge in [0.05, 0.1) is 24.9 Å². The van der Waals surface area contributed by atoms with Gasteiger partial charge in [0, 0.05) is 26.2 Å². The number of amides is 1. The molecule has 0 radical (unpaired) electrons. The second kappa shape index (κ2) is 9.52. The minimum atomic E-state index is 0. The summed E-state index contributed by atoms with van der Waals surface area (Å²) in [6, 6.07) is 0.182. The van der Waals surface area contributed by atoms with E-state index < -0.39 is 0 Å². The number of rotatable bonds is 9. The lowest BCUT2D eigenvalue weighted by molar-refractivity contribution is -0.129. The third-order valence-electron chi connectivity index (χ3n) is 5.08. The van der Waals surface area contributed by atoms with Gasteiger partial charge in [-0.15, -0.1) is 0 Å². The van der Waals surface area contributed by atoms with E-state index in [4.69, 9.17) is 9.47 Å². The van der Waals surface area contributed by atoms with Gasteiger partial charge in [0.1, 0.15) is 5.78 Å². The maximum atomic E-state index is 11.9. The third kappa shape index (κ3) is 6.17. The van der Waals surface area contributed by atoms with E-state index in [0.29, 0.717) is 31.3 Å². The Labute approximate surface area is 147 Å². The highest BCUT2D eigenvalue weighted by atomic mass is 16.5. The van der Waals surface area contributed by atoms with Crippen LogP contribution < -0.4 is 5.32 Å². The first kappa shape index (κ1) is 19.4. The van der Waals surface area contributed by atoms with Gasteiger partial charge in [0.2, 0.25) is 5.91 Å². The van der Waals surface area contributed by atoms with Crippen molar-refractivity contribution in [1.29, 1.82) is 0 Å².